The third-order valence-electron chi connectivity index (χ3n) is 3.78. The largest absolute Gasteiger partial charge is 0.493 e. The molecule has 0 saturated heterocycles. The molecule has 0 aromatic heterocycles. The van der Waals surface area contributed by atoms with E-state index in [1.807, 2.05) is 0 Å². The Morgan fingerprint density at radius 1 is 0.923 bits per heavy atom. The molecule has 1 heterocycles. The Morgan fingerprint density at radius 2 is 1.58 bits per heavy atom. The van der Waals surface area contributed by atoms with E-state index in [0.717, 1.165) is 5.56 Å². The van der Waals surface area contributed by atoms with E-state index in [9.17, 15) is 16.8 Å². The highest BCUT2D eigenvalue weighted by Gasteiger charge is 2.20. The molecule has 2 N–H and O–H groups in total. The molecule has 0 radical (unpaired) electrons. The second-order valence-corrected chi connectivity index (χ2v) is 9.67. The molecular formula is C17H20N2O5S2. The van der Waals surface area contributed by atoms with Crippen molar-refractivity contribution in [2.75, 3.05) is 11.3 Å². The summed E-state index contributed by atoms with van der Waals surface area (Å²) < 4.78 is 59.6. The molecule has 7 nitrogen and oxygen atoms in total. The van der Waals surface area contributed by atoms with Gasteiger partial charge in [-0.15, -0.1) is 0 Å². The van der Waals surface area contributed by atoms with Crippen LogP contribution in [0.2, 0.25) is 0 Å². The molecule has 1 aliphatic heterocycles. The van der Waals surface area contributed by atoms with Crippen molar-refractivity contribution in [3.8, 4) is 5.75 Å². The van der Waals surface area contributed by atoms with Crippen molar-refractivity contribution < 1.29 is 21.6 Å². The summed E-state index contributed by atoms with van der Waals surface area (Å²) in [6, 6.07) is 10.0. The second-order valence-electron chi connectivity index (χ2n) is 6.27. The Hall–Kier alpha value is -2.10. The fraction of sp³-hybridized carbons (Fsp3) is 0.294. The molecule has 0 atom stereocenters. The lowest BCUT2D eigenvalue weighted by atomic mass is 10.2. The van der Waals surface area contributed by atoms with Gasteiger partial charge in [0.25, 0.3) is 10.0 Å². The van der Waals surface area contributed by atoms with E-state index in [2.05, 4.69) is 9.44 Å². The summed E-state index contributed by atoms with van der Waals surface area (Å²) >= 11 is 0. The van der Waals surface area contributed by atoms with Gasteiger partial charge in [-0.05, 0) is 61.9 Å². The van der Waals surface area contributed by atoms with Gasteiger partial charge in [0.15, 0.2) is 0 Å². The van der Waals surface area contributed by atoms with Gasteiger partial charge in [-0.3, -0.25) is 4.72 Å². The standard InChI is InChI=1S/C17H20N2O5S2/c1-12(2)18-25(20,21)15-5-3-14(4-6-15)19-26(22,23)16-7-8-17-13(11-16)9-10-24-17/h3-8,11-12,18-19H,9-10H2,1-2H3. The van der Waals surface area contributed by atoms with Crippen molar-refractivity contribution in [2.24, 2.45) is 0 Å². The maximum atomic E-state index is 12.5. The minimum Gasteiger partial charge on any atom is -0.493 e. The van der Waals surface area contributed by atoms with Crippen LogP contribution in [0.1, 0.15) is 19.4 Å². The Bertz CT molecular complexity index is 1010. The van der Waals surface area contributed by atoms with Gasteiger partial charge in [-0.1, -0.05) is 0 Å². The summed E-state index contributed by atoms with van der Waals surface area (Å²) in [5.41, 5.74) is 1.14. The predicted molar refractivity (Wildman–Crippen MR) is 98.3 cm³/mol. The molecule has 0 fully saturated rings. The third-order valence-corrected chi connectivity index (χ3v) is 6.83. The first-order valence-electron chi connectivity index (χ1n) is 8.08. The number of anilines is 1. The van der Waals surface area contributed by atoms with Gasteiger partial charge in [0.05, 0.1) is 16.4 Å². The van der Waals surface area contributed by atoms with Gasteiger partial charge in [0, 0.05) is 18.2 Å². The van der Waals surface area contributed by atoms with Crippen molar-refractivity contribution in [3.63, 3.8) is 0 Å². The van der Waals surface area contributed by atoms with Crippen molar-refractivity contribution in [3.05, 3.63) is 48.0 Å². The van der Waals surface area contributed by atoms with Crippen LogP contribution in [-0.2, 0) is 26.5 Å². The molecule has 0 saturated carbocycles. The lowest BCUT2D eigenvalue weighted by Crippen LogP contribution is -2.30. The van der Waals surface area contributed by atoms with E-state index in [1.165, 1.54) is 30.3 Å². The molecule has 2 aromatic carbocycles. The van der Waals surface area contributed by atoms with Crippen LogP contribution in [-0.4, -0.2) is 29.5 Å². The first-order chi connectivity index (χ1) is 12.2. The highest BCUT2D eigenvalue weighted by molar-refractivity contribution is 7.92. The summed E-state index contributed by atoms with van der Waals surface area (Å²) in [6.07, 6.45) is 0.675. The van der Waals surface area contributed by atoms with E-state index in [1.54, 1.807) is 26.0 Å². The molecular weight excluding hydrogens is 376 g/mol. The van der Waals surface area contributed by atoms with Crippen LogP contribution in [0, 0.1) is 0 Å². The SMILES string of the molecule is CC(C)NS(=O)(=O)c1ccc(NS(=O)(=O)c2ccc3c(c2)CCO3)cc1. The van der Waals surface area contributed by atoms with Gasteiger partial charge in [0.2, 0.25) is 10.0 Å². The second kappa shape index (κ2) is 6.90. The van der Waals surface area contributed by atoms with Crippen LogP contribution >= 0.6 is 0 Å². The molecule has 0 bridgehead atoms. The van der Waals surface area contributed by atoms with Crippen molar-refractivity contribution in [2.45, 2.75) is 36.1 Å². The van der Waals surface area contributed by atoms with E-state index < -0.39 is 20.0 Å². The summed E-state index contributed by atoms with van der Waals surface area (Å²) in [7, 11) is -7.39. The van der Waals surface area contributed by atoms with E-state index in [-0.39, 0.29) is 21.5 Å². The number of ether oxygens (including phenoxy) is 1. The highest BCUT2D eigenvalue weighted by atomic mass is 32.2. The van der Waals surface area contributed by atoms with Crippen LogP contribution in [0.3, 0.4) is 0 Å². The molecule has 0 unspecified atom stereocenters. The smallest absolute Gasteiger partial charge is 0.261 e. The molecule has 2 aromatic rings. The van der Waals surface area contributed by atoms with Gasteiger partial charge in [-0.2, -0.15) is 0 Å². The fourth-order valence-corrected chi connectivity index (χ4v) is 4.98. The van der Waals surface area contributed by atoms with E-state index in [0.29, 0.717) is 18.8 Å². The minimum atomic E-state index is -3.77. The number of sulfonamides is 2. The Balaban J connectivity index is 1.80. The van der Waals surface area contributed by atoms with Crippen LogP contribution in [0.5, 0.6) is 5.75 Å². The highest BCUT2D eigenvalue weighted by Crippen LogP contribution is 2.28. The zero-order valence-corrected chi connectivity index (χ0v) is 16.0. The molecule has 9 heteroatoms. The quantitative estimate of drug-likeness (QED) is 0.779. The number of rotatable bonds is 6. The van der Waals surface area contributed by atoms with Crippen LogP contribution < -0.4 is 14.2 Å². The van der Waals surface area contributed by atoms with Gasteiger partial charge < -0.3 is 4.74 Å². The molecule has 140 valence electrons. The summed E-state index contributed by atoms with van der Waals surface area (Å²) in [6.45, 7) is 4.00. The average Bonchev–Trinajstić information content (AvgIpc) is 3.01. The molecule has 26 heavy (non-hydrogen) atoms. The number of nitrogens with one attached hydrogen (secondary N) is 2. The summed E-state index contributed by atoms with van der Waals surface area (Å²) in [4.78, 5) is 0.212. The maximum absolute atomic E-state index is 12.5. The maximum Gasteiger partial charge on any atom is 0.261 e. The van der Waals surface area contributed by atoms with Crippen LogP contribution in [0.15, 0.2) is 52.3 Å². The average molecular weight is 396 g/mol. The first-order valence-corrected chi connectivity index (χ1v) is 11.0. The topological polar surface area (TPSA) is 102 Å². The number of hydrogen-bond donors (Lipinski definition) is 2. The van der Waals surface area contributed by atoms with Gasteiger partial charge in [-0.25, -0.2) is 21.6 Å². The first kappa shape index (κ1) is 18.7. The van der Waals surface area contributed by atoms with E-state index in [4.69, 9.17) is 4.74 Å². The van der Waals surface area contributed by atoms with Gasteiger partial charge in [0.1, 0.15) is 5.75 Å². The normalized spacial score (nSPS) is 14.1. The third kappa shape index (κ3) is 4.00. The lowest BCUT2D eigenvalue weighted by Gasteiger charge is -2.11. The number of benzene rings is 2. The molecule has 3 rings (SSSR count). The van der Waals surface area contributed by atoms with Crippen molar-refractivity contribution in [1.82, 2.24) is 4.72 Å². The van der Waals surface area contributed by atoms with Crippen LogP contribution in [0.4, 0.5) is 5.69 Å². The zero-order chi connectivity index (χ0) is 18.9. The van der Waals surface area contributed by atoms with Crippen LogP contribution in [0.25, 0.3) is 0 Å². The zero-order valence-electron chi connectivity index (χ0n) is 14.4. The fourth-order valence-electron chi connectivity index (χ4n) is 2.62. The minimum absolute atomic E-state index is 0.0730. The van der Waals surface area contributed by atoms with Gasteiger partial charge >= 0.3 is 0 Å². The summed E-state index contributed by atoms with van der Waals surface area (Å²) in [5.74, 6) is 0.705. The van der Waals surface area contributed by atoms with Crippen molar-refractivity contribution in [1.29, 1.82) is 0 Å². The monoisotopic (exact) mass is 396 g/mol. The summed E-state index contributed by atoms with van der Waals surface area (Å²) in [5, 5.41) is 0. The molecule has 1 aliphatic rings. The molecule has 0 aliphatic carbocycles. The predicted octanol–water partition coefficient (Wildman–Crippen LogP) is 2.11. The molecule has 0 spiro atoms. The number of fused-ring (bicyclic) bond motifs is 1. The Morgan fingerprint density at radius 3 is 2.23 bits per heavy atom. The molecule has 0 amide bonds. The lowest BCUT2D eigenvalue weighted by molar-refractivity contribution is 0.356. The van der Waals surface area contributed by atoms with E-state index >= 15 is 0 Å². The van der Waals surface area contributed by atoms with Crippen molar-refractivity contribution >= 4 is 25.7 Å². The Labute approximate surface area is 153 Å². The number of hydrogen-bond acceptors (Lipinski definition) is 5. The Kier molecular flexibility index (Phi) is 4.96.